The van der Waals surface area contributed by atoms with E-state index in [9.17, 15) is 24.6 Å². The van der Waals surface area contributed by atoms with Crippen molar-refractivity contribution in [2.24, 2.45) is 16.2 Å². The third-order valence-corrected chi connectivity index (χ3v) is 6.28. The van der Waals surface area contributed by atoms with E-state index >= 15 is 0 Å². The number of ether oxygens (including phenoxy) is 3. The van der Waals surface area contributed by atoms with Crippen LogP contribution in [-0.4, -0.2) is 52.7 Å². The van der Waals surface area contributed by atoms with Gasteiger partial charge in [-0.3, -0.25) is 9.59 Å². The Balaban J connectivity index is 2.30. The van der Waals surface area contributed by atoms with Crippen LogP contribution < -0.4 is 0 Å². The van der Waals surface area contributed by atoms with Gasteiger partial charge in [-0.2, -0.15) is 0 Å². The number of hydrogen-bond acceptors (Lipinski definition) is 8. The van der Waals surface area contributed by atoms with Crippen LogP contribution in [0.4, 0.5) is 0 Å². The first-order valence-corrected chi connectivity index (χ1v) is 7.85. The van der Waals surface area contributed by atoms with Crippen LogP contribution in [-0.2, 0) is 28.6 Å². The van der Waals surface area contributed by atoms with Crippen LogP contribution in [0.2, 0.25) is 0 Å². The number of aliphatic hydroxyl groups excluding tert-OH is 1. The van der Waals surface area contributed by atoms with Crippen molar-refractivity contribution < 1.29 is 38.8 Å². The van der Waals surface area contributed by atoms with Crippen molar-refractivity contribution in [3.05, 3.63) is 0 Å². The molecular weight excluding hydrogens is 320 g/mol. The van der Waals surface area contributed by atoms with Gasteiger partial charge in [0.1, 0.15) is 11.5 Å². The number of carbonyl (C=O) groups excluding carboxylic acids is 3. The number of rotatable bonds is 2. The van der Waals surface area contributed by atoms with Gasteiger partial charge in [-0.1, -0.05) is 27.7 Å². The minimum Gasteiger partial charge on any atom is -0.462 e. The van der Waals surface area contributed by atoms with Crippen LogP contribution >= 0.6 is 0 Å². The summed E-state index contributed by atoms with van der Waals surface area (Å²) in [6, 6.07) is 0. The fourth-order valence-electron chi connectivity index (χ4n) is 5.03. The van der Waals surface area contributed by atoms with Gasteiger partial charge < -0.3 is 24.4 Å². The van der Waals surface area contributed by atoms with Crippen LogP contribution in [0.3, 0.4) is 0 Å². The molecule has 8 heteroatoms. The fraction of sp³-hybridized carbons (Fsp3) is 0.812. The van der Waals surface area contributed by atoms with Gasteiger partial charge in [0.2, 0.25) is 0 Å². The summed E-state index contributed by atoms with van der Waals surface area (Å²) in [6.45, 7) is 6.99. The van der Waals surface area contributed by atoms with E-state index in [1.165, 1.54) is 0 Å². The quantitative estimate of drug-likeness (QED) is 0.527. The number of hydrogen-bond donors (Lipinski definition) is 2. The molecule has 1 aliphatic carbocycles. The monoisotopic (exact) mass is 342 g/mol. The summed E-state index contributed by atoms with van der Waals surface area (Å²) in [5, 5.41) is 22.4. The second-order valence-corrected chi connectivity index (χ2v) is 8.16. The molecule has 0 aromatic carbocycles. The number of cyclic esters (lactones) is 1. The average Bonchev–Trinajstić information content (AvgIpc) is 2.92. The normalized spacial score (nSPS) is 47.5. The van der Waals surface area contributed by atoms with Gasteiger partial charge in [0, 0.05) is 11.8 Å². The van der Waals surface area contributed by atoms with Crippen LogP contribution in [0.5, 0.6) is 0 Å². The predicted octanol–water partition coefficient (Wildman–Crippen LogP) is -0.108. The van der Waals surface area contributed by atoms with E-state index < -0.39 is 52.3 Å². The predicted molar refractivity (Wildman–Crippen MR) is 77.1 cm³/mol. The van der Waals surface area contributed by atoms with E-state index in [-0.39, 0.29) is 19.3 Å². The molecule has 2 heterocycles. The molecular formula is C16H22O8. The van der Waals surface area contributed by atoms with Crippen molar-refractivity contribution >= 4 is 18.4 Å². The molecule has 2 aliphatic heterocycles. The van der Waals surface area contributed by atoms with Gasteiger partial charge in [-0.15, -0.1) is 0 Å². The smallest absolute Gasteiger partial charge is 0.339 e. The fourth-order valence-corrected chi connectivity index (χ4v) is 5.03. The van der Waals surface area contributed by atoms with Crippen LogP contribution in [0.25, 0.3) is 0 Å². The van der Waals surface area contributed by atoms with Crippen molar-refractivity contribution in [1.29, 1.82) is 0 Å². The van der Waals surface area contributed by atoms with Crippen molar-refractivity contribution in [3.63, 3.8) is 0 Å². The molecule has 2 N–H and O–H groups in total. The molecule has 8 nitrogen and oxygen atoms in total. The third-order valence-electron chi connectivity index (χ3n) is 6.28. The van der Waals surface area contributed by atoms with E-state index in [1.54, 1.807) is 27.7 Å². The Bertz CT molecular complexity index is 610. The van der Waals surface area contributed by atoms with Gasteiger partial charge in [-0.05, 0) is 5.41 Å². The molecule has 3 aliphatic rings. The zero-order chi connectivity index (χ0) is 18.1. The second kappa shape index (κ2) is 4.70. The molecule has 134 valence electrons. The van der Waals surface area contributed by atoms with E-state index in [0.717, 1.165) is 0 Å². The van der Waals surface area contributed by atoms with E-state index in [1.807, 2.05) is 0 Å². The molecule has 3 fully saturated rings. The summed E-state index contributed by atoms with van der Waals surface area (Å²) in [5.41, 5.74) is -5.36. The first-order chi connectivity index (χ1) is 11.0. The summed E-state index contributed by atoms with van der Waals surface area (Å²) >= 11 is 0. The molecule has 24 heavy (non-hydrogen) atoms. The van der Waals surface area contributed by atoms with E-state index in [0.29, 0.717) is 0 Å². The lowest BCUT2D eigenvalue weighted by atomic mass is 9.52. The standard InChI is InChI=1S/C16H22O8/c1-13(2,3)15(21)5-8-14(4,6-9(18)23-8)16(15)10(19)11(20)24-12(16)22-7-17/h7-8,10,12,19,21H,5-6H2,1-4H3/t8-,10-,12+,14-,15+,16+/m0/s1. The molecule has 0 unspecified atom stereocenters. The lowest BCUT2D eigenvalue weighted by molar-refractivity contribution is -0.263. The number of fused-ring (bicyclic) bond motifs is 2. The molecule has 0 amide bonds. The average molecular weight is 342 g/mol. The molecule has 3 rings (SSSR count). The van der Waals surface area contributed by atoms with Gasteiger partial charge >= 0.3 is 11.9 Å². The topological polar surface area (TPSA) is 119 Å². The Labute approximate surface area is 139 Å². The zero-order valence-corrected chi connectivity index (χ0v) is 14.1. The maximum absolute atomic E-state index is 12.1. The molecule has 1 spiro atoms. The Hall–Kier alpha value is -1.67. The van der Waals surface area contributed by atoms with Crippen LogP contribution in [0.15, 0.2) is 0 Å². The molecule has 0 aromatic rings. The van der Waals surface area contributed by atoms with Gasteiger partial charge in [-0.25, -0.2) is 4.79 Å². The SMILES string of the molecule is CC(C)(C)[C@]1(O)C[C@@H]2OC(=O)C[C@]2(C)[C@@]12[C@H](OC=O)OC(=O)[C@@H]2O. The largest absolute Gasteiger partial charge is 0.462 e. The Morgan fingerprint density at radius 2 is 1.92 bits per heavy atom. The minimum atomic E-state index is -1.75. The Morgan fingerprint density at radius 1 is 1.29 bits per heavy atom. The van der Waals surface area contributed by atoms with Crippen LogP contribution in [0, 0.1) is 16.2 Å². The molecule has 2 saturated heterocycles. The lowest BCUT2D eigenvalue weighted by Crippen LogP contribution is -2.66. The summed E-state index contributed by atoms with van der Waals surface area (Å²) in [7, 11) is 0. The second-order valence-electron chi connectivity index (χ2n) is 8.16. The van der Waals surface area contributed by atoms with E-state index in [2.05, 4.69) is 0 Å². The first-order valence-electron chi connectivity index (χ1n) is 7.85. The van der Waals surface area contributed by atoms with Gasteiger partial charge in [0.25, 0.3) is 12.8 Å². The zero-order valence-electron chi connectivity index (χ0n) is 14.1. The van der Waals surface area contributed by atoms with Crippen LogP contribution in [0.1, 0.15) is 40.5 Å². The first kappa shape index (κ1) is 17.2. The molecule has 1 saturated carbocycles. The van der Waals surface area contributed by atoms with Crippen molar-refractivity contribution in [2.45, 2.75) is 64.6 Å². The molecule has 0 bridgehead atoms. The molecule has 0 radical (unpaired) electrons. The molecule has 0 aromatic heterocycles. The Morgan fingerprint density at radius 3 is 2.46 bits per heavy atom. The van der Waals surface area contributed by atoms with Crippen molar-refractivity contribution in [2.75, 3.05) is 0 Å². The number of esters is 2. The maximum Gasteiger partial charge on any atom is 0.339 e. The van der Waals surface area contributed by atoms with Gasteiger partial charge in [0.05, 0.1) is 12.0 Å². The maximum atomic E-state index is 12.1. The summed E-state index contributed by atoms with van der Waals surface area (Å²) in [4.78, 5) is 35.0. The van der Waals surface area contributed by atoms with Gasteiger partial charge in [0.15, 0.2) is 6.10 Å². The highest BCUT2D eigenvalue weighted by Crippen LogP contribution is 2.72. The third kappa shape index (κ3) is 1.63. The van der Waals surface area contributed by atoms with E-state index in [4.69, 9.17) is 14.2 Å². The Kier molecular flexibility index (Phi) is 3.36. The summed E-state index contributed by atoms with van der Waals surface area (Å²) in [5.74, 6) is -1.49. The number of carbonyl (C=O) groups is 3. The lowest BCUT2D eigenvalue weighted by Gasteiger charge is -2.53. The molecule has 6 atom stereocenters. The summed E-state index contributed by atoms with van der Waals surface area (Å²) in [6.07, 6.45) is -4.10. The summed E-state index contributed by atoms with van der Waals surface area (Å²) < 4.78 is 15.4. The highest BCUT2D eigenvalue weighted by molar-refractivity contribution is 5.81. The van der Waals surface area contributed by atoms with Crippen molar-refractivity contribution in [1.82, 2.24) is 0 Å². The van der Waals surface area contributed by atoms with Crippen molar-refractivity contribution in [3.8, 4) is 0 Å². The highest BCUT2D eigenvalue weighted by atomic mass is 16.7. The minimum absolute atomic E-state index is 0.00512. The number of aliphatic hydroxyl groups is 2. The highest BCUT2D eigenvalue weighted by Gasteiger charge is 2.85.